The van der Waals surface area contributed by atoms with E-state index in [1.807, 2.05) is 13.0 Å². The predicted molar refractivity (Wildman–Crippen MR) is 167 cm³/mol. The molecule has 2 aliphatic rings. The molecule has 0 saturated carbocycles. The highest BCUT2D eigenvalue weighted by Crippen LogP contribution is 2.39. The lowest BCUT2D eigenvalue weighted by Gasteiger charge is -2.23. The molecule has 13 heteroatoms. The van der Waals surface area contributed by atoms with E-state index in [0.717, 1.165) is 37.9 Å². The van der Waals surface area contributed by atoms with Gasteiger partial charge in [0.25, 0.3) is 0 Å². The fourth-order valence-corrected chi connectivity index (χ4v) is 6.77. The molecule has 228 valence electrons. The summed E-state index contributed by atoms with van der Waals surface area (Å²) < 4.78 is 55.3. The van der Waals surface area contributed by atoms with Crippen molar-refractivity contribution in [2.45, 2.75) is 44.8 Å². The normalized spacial score (nSPS) is 18.7. The Morgan fingerprint density at radius 1 is 1.07 bits per heavy atom. The Kier molecular flexibility index (Phi) is 9.60. The molecule has 10 nitrogen and oxygen atoms in total. The average molecular weight is 629 g/mol. The van der Waals surface area contributed by atoms with Gasteiger partial charge in [-0.2, -0.15) is 0 Å². The molecule has 0 spiro atoms. The van der Waals surface area contributed by atoms with Crippen LogP contribution in [0.15, 0.2) is 54.9 Å². The second-order valence-corrected chi connectivity index (χ2v) is 12.4. The molecule has 43 heavy (non-hydrogen) atoms. The van der Waals surface area contributed by atoms with Crippen LogP contribution < -0.4 is 20.1 Å². The average Bonchev–Trinajstić information content (AvgIpc) is 3.49. The number of rotatable bonds is 9. The van der Waals surface area contributed by atoms with Gasteiger partial charge in [-0.05, 0) is 75.0 Å². The minimum Gasteiger partial charge on any atom is -0.437 e. The number of aryl methyl sites for hydroxylation is 1. The second kappa shape index (κ2) is 13.4. The van der Waals surface area contributed by atoms with Crippen LogP contribution >= 0.6 is 12.4 Å². The summed E-state index contributed by atoms with van der Waals surface area (Å²) in [5, 5.41) is 7.69. The lowest BCUT2D eigenvalue weighted by Crippen LogP contribution is -2.38. The van der Waals surface area contributed by atoms with E-state index >= 15 is 4.39 Å². The van der Waals surface area contributed by atoms with Crippen molar-refractivity contribution in [1.82, 2.24) is 20.3 Å². The smallest absolute Gasteiger partial charge is 0.235 e. The van der Waals surface area contributed by atoms with Gasteiger partial charge in [-0.25, -0.2) is 27.8 Å². The van der Waals surface area contributed by atoms with Crippen molar-refractivity contribution in [2.75, 3.05) is 35.5 Å². The van der Waals surface area contributed by atoms with E-state index in [0.29, 0.717) is 52.6 Å². The Morgan fingerprint density at radius 3 is 2.72 bits per heavy atom. The van der Waals surface area contributed by atoms with Gasteiger partial charge < -0.3 is 20.1 Å². The Morgan fingerprint density at radius 2 is 1.93 bits per heavy atom. The quantitative estimate of drug-likeness (QED) is 0.222. The fourth-order valence-electron chi connectivity index (χ4n) is 5.42. The first-order valence-corrected chi connectivity index (χ1v) is 15.8. The molecular formula is C30H34ClFN6O4S. The Bertz CT molecular complexity index is 1700. The molecule has 0 unspecified atom stereocenters. The number of hydrogen-bond acceptors (Lipinski definition) is 9. The largest absolute Gasteiger partial charge is 0.437 e. The lowest BCUT2D eigenvalue weighted by atomic mass is 10.0. The third-order valence-electron chi connectivity index (χ3n) is 7.52. The topological polar surface area (TPSA) is 127 Å². The van der Waals surface area contributed by atoms with Crippen LogP contribution in [0.25, 0.3) is 22.0 Å². The first kappa shape index (κ1) is 30.9. The number of pyridine rings is 1. The summed E-state index contributed by atoms with van der Waals surface area (Å²) in [5.41, 5.74) is 1.93. The summed E-state index contributed by atoms with van der Waals surface area (Å²) >= 11 is 0. The first-order chi connectivity index (χ1) is 20.4. The van der Waals surface area contributed by atoms with Gasteiger partial charge in [0.05, 0.1) is 28.8 Å². The van der Waals surface area contributed by atoms with Crippen LogP contribution in [0.5, 0.6) is 11.6 Å². The molecule has 2 aliphatic heterocycles. The zero-order valence-electron chi connectivity index (χ0n) is 23.7. The highest BCUT2D eigenvalue weighted by atomic mass is 35.5. The number of aromatic nitrogens is 3. The van der Waals surface area contributed by atoms with Gasteiger partial charge in [0.1, 0.15) is 11.6 Å². The number of hydrogen-bond donors (Lipinski definition) is 3. The molecule has 3 N–H and O–H groups in total. The van der Waals surface area contributed by atoms with E-state index in [1.54, 1.807) is 42.7 Å². The Labute approximate surface area is 256 Å². The van der Waals surface area contributed by atoms with E-state index in [9.17, 15) is 8.42 Å². The SMILES string of the molecule is Cc1ccc2c(NS(=O)(=O)C[C@H]3CCCO3)c(F)ccc2c1Oc1ncccc1-c1ccnc(N[C@H]2CCCNC2)n1.Cl. The van der Waals surface area contributed by atoms with Crippen LogP contribution in [0.3, 0.4) is 0 Å². The van der Waals surface area contributed by atoms with E-state index in [-0.39, 0.29) is 29.9 Å². The van der Waals surface area contributed by atoms with Crippen molar-refractivity contribution in [3.63, 3.8) is 0 Å². The molecule has 2 atom stereocenters. The second-order valence-electron chi connectivity index (χ2n) is 10.7. The van der Waals surface area contributed by atoms with Crippen molar-refractivity contribution in [3.8, 4) is 22.9 Å². The summed E-state index contributed by atoms with van der Waals surface area (Å²) in [6.45, 7) is 4.26. The number of nitrogens with one attached hydrogen (secondary N) is 3. The molecule has 2 saturated heterocycles. The third-order valence-corrected chi connectivity index (χ3v) is 8.84. The number of anilines is 2. The maximum Gasteiger partial charge on any atom is 0.235 e. The molecular weight excluding hydrogens is 595 g/mol. The van der Waals surface area contributed by atoms with Crippen LogP contribution in [0.1, 0.15) is 31.2 Å². The van der Waals surface area contributed by atoms with E-state index in [4.69, 9.17) is 14.5 Å². The monoisotopic (exact) mass is 628 g/mol. The molecule has 2 fully saturated rings. The van der Waals surface area contributed by atoms with Crippen molar-refractivity contribution in [3.05, 3.63) is 66.2 Å². The summed E-state index contributed by atoms with van der Waals surface area (Å²) in [6, 6.07) is 12.0. The molecule has 0 aliphatic carbocycles. The van der Waals surface area contributed by atoms with E-state index in [2.05, 4.69) is 25.3 Å². The van der Waals surface area contributed by atoms with E-state index < -0.39 is 21.9 Å². The van der Waals surface area contributed by atoms with Gasteiger partial charge >= 0.3 is 0 Å². The lowest BCUT2D eigenvalue weighted by molar-refractivity contribution is 0.127. The van der Waals surface area contributed by atoms with Crippen LogP contribution in [-0.2, 0) is 14.8 Å². The summed E-state index contributed by atoms with van der Waals surface area (Å²) in [4.78, 5) is 13.6. The van der Waals surface area contributed by atoms with Gasteiger partial charge in [-0.3, -0.25) is 4.72 Å². The predicted octanol–water partition coefficient (Wildman–Crippen LogP) is 5.44. The molecule has 0 bridgehead atoms. The first-order valence-electron chi connectivity index (χ1n) is 14.1. The Balaban J connectivity index is 0.00000368. The number of ether oxygens (including phenoxy) is 2. The number of nitrogens with zero attached hydrogens (tertiary/aromatic N) is 3. The minimum atomic E-state index is -3.86. The maximum absolute atomic E-state index is 15.1. The van der Waals surface area contributed by atoms with Crippen molar-refractivity contribution in [2.24, 2.45) is 0 Å². The standard InChI is InChI=1S/C30H33FN6O4S.ClH/c1-19-8-9-22-23(10-11-25(31)27(22)37-42(38,39)18-21-6-4-16-40-21)28(19)41-29-24(7-3-14-33-29)26-12-15-34-30(36-26)35-20-5-2-13-32-17-20;/h3,7-12,14-15,20-21,32,37H,2,4-6,13,16-18H2,1H3,(H,34,35,36);1H/t20-,21+;/m0./s1. The molecule has 2 aromatic heterocycles. The minimum absolute atomic E-state index is 0. The number of sulfonamides is 1. The summed E-state index contributed by atoms with van der Waals surface area (Å²) in [7, 11) is -3.86. The van der Waals surface area contributed by atoms with Crippen LogP contribution in [-0.4, -0.2) is 61.0 Å². The zero-order valence-corrected chi connectivity index (χ0v) is 25.3. The molecule has 4 aromatic rings. The summed E-state index contributed by atoms with van der Waals surface area (Å²) in [6.07, 6.45) is 6.50. The number of piperidine rings is 1. The van der Waals surface area contributed by atoms with Crippen molar-refractivity contribution in [1.29, 1.82) is 0 Å². The van der Waals surface area contributed by atoms with Crippen LogP contribution in [0.2, 0.25) is 0 Å². The van der Waals surface area contributed by atoms with Gasteiger partial charge in [-0.1, -0.05) is 12.1 Å². The highest BCUT2D eigenvalue weighted by molar-refractivity contribution is 7.92. The van der Waals surface area contributed by atoms with Crippen molar-refractivity contribution < 1.29 is 22.3 Å². The van der Waals surface area contributed by atoms with Gasteiger partial charge in [-0.15, -0.1) is 12.4 Å². The van der Waals surface area contributed by atoms with Gasteiger partial charge in [0.15, 0.2) is 0 Å². The Hall–Kier alpha value is -3.58. The third kappa shape index (κ3) is 7.15. The van der Waals surface area contributed by atoms with Crippen LogP contribution in [0.4, 0.5) is 16.0 Å². The number of fused-ring (bicyclic) bond motifs is 1. The maximum atomic E-state index is 15.1. The number of benzene rings is 2. The number of halogens is 2. The van der Waals surface area contributed by atoms with Crippen molar-refractivity contribution >= 4 is 44.8 Å². The van der Waals surface area contributed by atoms with Gasteiger partial charge in [0, 0.05) is 42.4 Å². The molecule has 0 radical (unpaired) electrons. The highest BCUT2D eigenvalue weighted by Gasteiger charge is 2.25. The van der Waals surface area contributed by atoms with Crippen LogP contribution in [0, 0.1) is 12.7 Å². The van der Waals surface area contributed by atoms with E-state index in [1.165, 1.54) is 6.07 Å². The van der Waals surface area contributed by atoms with Gasteiger partial charge in [0.2, 0.25) is 21.9 Å². The molecule has 0 amide bonds. The molecule has 2 aromatic carbocycles. The molecule has 4 heterocycles. The molecule has 6 rings (SSSR count). The summed E-state index contributed by atoms with van der Waals surface area (Å²) in [5.74, 6) is 0.353. The fraction of sp³-hybridized carbons (Fsp3) is 0.367. The zero-order chi connectivity index (χ0) is 29.1.